The molecular weight excluding hydrogens is 444 g/mol. The standard InChI is InChI=1S/C24H22N2O4S2/c1-29-19-10-4-2-8-16(19)18(27)14-31-24-25-22-21(17-9-3-5-11-20(17)32-22)23(28)26(24)13-15-7-6-12-30-15/h2,4,6-8,10,12H,3,5,9,11,13-14H2,1H3. The number of ketones is 1. The second kappa shape index (κ2) is 8.96. The van der Waals surface area contributed by atoms with E-state index in [1.807, 2.05) is 18.2 Å². The molecule has 0 radical (unpaired) electrons. The smallest absolute Gasteiger partial charge is 0.263 e. The van der Waals surface area contributed by atoms with Crippen molar-refractivity contribution < 1.29 is 13.9 Å². The van der Waals surface area contributed by atoms with Crippen molar-refractivity contribution in [3.63, 3.8) is 0 Å². The van der Waals surface area contributed by atoms with Crippen molar-refractivity contribution >= 4 is 39.1 Å². The number of carbonyl (C=O) groups excluding carboxylic acids is 1. The van der Waals surface area contributed by atoms with Crippen LogP contribution in [0.25, 0.3) is 10.2 Å². The minimum atomic E-state index is -0.0724. The molecule has 0 atom stereocenters. The molecule has 0 fully saturated rings. The van der Waals surface area contributed by atoms with Crippen molar-refractivity contribution in [3.05, 3.63) is 74.8 Å². The lowest BCUT2D eigenvalue weighted by Gasteiger charge is -2.13. The van der Waals surface area contributed by atoms with Gasteiger partial charge in [-0.15, -0.1) is 11.3 Å². The lowest BCUT2D eigenvalue weighted by atomic mass is 9.97. The van der Waals surface area contributed by atoms with Crippen molar-refractivity contribution in [2.75, 3.05) is 12.9 Å². The number of aryl methyl sites for hydroxylation is 2. The number of rotatable bonds is 7. The molecule has 0 amide bonds. The second-order valence-corrected chi connectivity index (χ2v) is 9.69. The van der Waals surface area contributed by atoms with Crippen LogP contribution in [-0.4, -0.2) is 28.2 Å². The number of thioether (sulfide) groups is 1. The van der Waals surface area contributed by atoms with E-state index >= 15 is 0 Å². The zero-order valence-electron chi connectivity index (χ0n) is 17.6. The lowest BCUT2D eigenvalue weighted by Crippen LogP contribution is -2.24. The Kier molecular flexibility index (Phi) is 5.89. The summed E-state index contributed by atoms with van der Waals surface area (Å²) in [4.78, 5) is 33.4. The number of furan rings is 1. The maximum atomic E-state index is 13.6. The Bertz CT molecular complexity index is 1340. The summed E-state index contributed by atoms with van der Waals surface area (Å²) in [5.41, 5.74) is 1.62. The zero-order valence-corrected chi connectivity index (χ0v) is 19.3. The topological polar surface area (TPSA) is 74.3 Å². The van der Waals surface area contributed by atoms with E-state index in [2.05, 4.69) is 0 Å². The molecule has 0 saturated heterocycles. The number of carbonyl (C=O) groups is 1. The van der Waals surface area contributed by atoms with Crippen molar-refractivity contribution in [2.45, 2.75) is 37.4 Å². The van der Waals surface area contributed by atoms with Gasteiger partial charge in [0.25, 0.3) is 5.56 Å². The predicted molar refractivity (Wildman–Crippen MR) is 126 cm³/mol. The summed E-state index contributed by atoms with van der Waals surface area (Å²) in [6, 6.07) is 10.8. The summed E-state index contributed by atoms with van der Waals surface area (Å²) in [5.74, 6) is 1.30. The third kappa shape index (κ3) is 3.89. The van der Waals surface area contributed by atoms with Crippen LogP contribution in [0.15, 0.2) is 57.0 Å². The number of methoxy groups -OCH3 is 1. The molecule has 1 aliphatic rings. The molecule has 3 heterocycles. The van der Waals surface area contributed by atoms with Gasteiger partial charge in [0.05, 0.1) is 36.6 Å². The van der Waals surface area contributed by atoms with Crippen molar-refractivity contribution in [3.8, 4) is 5.75 Å². The fraction of sp³-hybridized carbons (Fsp3) is 0.292. The van der Waals surface area contributed by atoms with Crippen molar-refractivity contribution in [1.29, 1.82) is 0 Å². The molecule has 8 heteroatoms. The van der Waals surface area contributed by atoms with Gasteiger partial charge in [0.2, 0.25) is 0 Å². The van der Waals surface area contributed by atoms with E-state index in [1.165, 1.54) is 16.6 Å². The maximum absolute atomic E-state index is 13.6. The number of benzene rings is 1. The fourth-order valence-electron chi connectivity index (χ4n) is 4.11. The molecule has 3 aromatic heterocycles. The molecule has 0 spiro atoms. The van der Waals surface area contributed by atoms with E-state index in [0.717, 1.165) is 41.5 Å². The van der Waals surface area contributed by atoms with Crippen LogP contribution in [-0.2, 0) is 19.4 Å². The first kappa shape index (κ1) is 21.0. The van der Waals surface area contributed by atoms with E-state index in [4.69, 9.17) is 14.1 Å². The van der Waals surface area contributed by atoms with Crippen LogP contribution < -0.4 is 10.3 Å². The van der Waals surface area contributed by atoms with E-state index in [-0.39, 0.29) is 23.6 Å². The predicted octanol–water partition coefficient (Wildman–Crippen LogP) is 4.96. The van der Waals surface area contributed by atoms with Gasteiger partial charge < -0.3 is 9.15 Å². The molecule has 0 N–H and O–H groups in total. The van der Waals surface area contributed by atoms with Crippen molar-refractivity contribution in [2.24, 2.45) is 0 Å². The molecule has 164 valence electrons. The fourth-order valence-corrected chi connectivity index (χ4v) is 6.30. The zero-order chi connectivity index (χ0) is 22.1. The minimum absolute atomic E-state index is 0.0574. The molecule has 5 rings (SSSR count). The van der Waals surface area contributed by atoms with Gasteiger partial charge in [-0.1, -0.05) is 23.9 Å². The number of nitrogens with zero attached hydrogens (tertiary/aromatic N) is 2. The largest absolute Gasteiger partial charge is 0.496 e. The van der Waals surface area contributed by atoms with Gasteiger partial charge in [0, 0.05) is 4.88 Å². The maximum Gasteiger partial charge on any atom is 0.263 e. The summed E-state index contributed by atoms with van der Waals surface area (Å²) in [6.07, 6.45) is 5.77. The summed E-state index contributed by atoms with van der Waals surface area (Å²) >= 11 is 2.89. The second-order valence-electron chi connectivity index (χ2n) is 7.67. The molecule has 0 unspecified atom stereocenters. The van der Waals surface area contributed by atoms with Crippen LogP contribution in [0.5, 0.6) is 5.75 Å². The van der Waals surface area contributed by atoms with Gasteiger partial charge in [-0.05, 0) is 55.5 Å². The first-order valence-corrected chi connectivity index (χ1v) is 12.3. The van der Waals surface area contributed by atoms with E-state index in [1.54, 1.807) is 47.5 Å². The summed E-state index contributed by atoms with van der Waals surface area (Å²) in [6.45, 7) is 0.282. The number of hydrogen-bond acceptors (Lipinski definition) is 7. The number of Topliss-reactive ketones (excluding diaryl/α,β-unsaturated/α-hetero) is 1. The molecular formula is C24H22N2O4S2. The Hall–Kier alpha value is -2.84. The molecule has 0 bridgehead atoms. The van der Waals surface area contributed by atoms with Crippen LogP contribution in [0.1, 0.15) is 39.4 Å². The van der Waals surface area contributed by atoms with Crippen LogP contribution >= 0.6 is 23.1 Å². The van der Waals surface area contributed by atoms with Gasteiger partial charge in [-0.25, -0.2) is 4.98 Å². The molecule has 0 aliphatic heterocycles. The normalized spacial score (nSPS) is 13.3. The quantitative estimate of drug-likeness (QED) is 0.218. The highest BCUT2D eigenvalue weighted by atomic mass is 32.2. The van der Waals surface area contributed by atoms with Gasteiger partial charge in [0.1, 0.15) is 16.3 Å². The van der Waals surface area contributed by atoms with Gasteiger partial charge >= 0.3 is 0 Å². The Labute approximate surface area is 193 Å². The van der Waals surface area contributed by atoms with Crippen LogP contribution in [0, 0.1) is 0 Å². The summed E-state index contributed by atoms with van der Waals surface area (Å²) in [7, 11) is 1.55. The third-order valence-electron chi connectivity index (χ3n) is 5.67. The monoisotopic (exact) mass is 466 g/mol. The highest BCUT2D eigenvalue weighted by Gasteiger charge is 2.23. The SMILES string of the molecule is COc1ccccc1C(=O)CSc1nc2sc3c(c2c(=O)n1Cc1ccco1)CCCC3. The Morgan fingerprint density at radius 2 is 2.06 bits per heavy atom. The number of fused-ring (bicyclic) bond motifs is 3. The van der Waals surface area contributed by atoms with Crippen molar-refractivity contribution in [1.82, 2.24) is 9.55 Å². The number of para-hydroxylation sites is 1. The Balaban J connectivity index is 1.53. The first-order valence-electron chi connectivity index (χ1n) is 10.5. The molecule has 0 saturated carbocycles. The van der Waals surface area contributed by atoms with E-state index < -0.39 is 0 Å². The Morgan fingerprint density at radius 1 is 1.22 bits per heavy atom. The van der Waals surface area contributed by atoms with Gasteiger partial charge in [-0.3, -0.25) is 14.2 Å². The number of hydrogen-bond donors (Lipinski definition) is 0. The van der Waals surface area contributed by atoms with E-state index in [9.17, 15) is 9.59 Å². The molecule has 1 aromatic carbocycles. The van der Waals surface area contributed by atoms with Crippen LogP contribution in [0.2, 0.25) is 0 Å². The number of aromatic nitrogens is 2. The molecule has 6 nitrogen and oxygen atoms in total. The average molecular weight is 467 g/mol. The average Bonchev–Trinajstić information content (AvgIpc) is 3.47. The lowest BCUT2D eigenvalue weighted by molar-refractivity contribution is 0.101. The first-order chi connectivity index (χ1) is 15.7. The highest BCUT2D eigenvalue weighted by Crippen LogP contribution is 2.35. The minimum Gasteiger partial charge on any atom is -0.496 e. The summed E-state index contributed by atoms with van der Waals surface area (Å²) in [5, 5.41) is 1.26. The molecule has 32 heavy (non-hydrogen) atoms. The Morgan fingerprint density at radius 3 is 2.88 bits per heavy atom. The third-order valence-corrected chi connectivity index (χ3v) is 7.84. The molecule has 1 aliphatic carbocycles. The molecule has 4 aromatic rings. The number of ether oxygens (including phenoxy) is 1. The summed E-state index contributed by atoms with van der Waals surface area (Å²) < 4.78 is 12.5. The van der Waals surface area contributed by atoms with Gasteiger partial charge in [0.15, 0.2) is 10.9 Å². The van der Waals surface area contributed by atoms with Crippen LogP contribution in [0.4, 0.5) is 0 Å². The number of thiophene rings is 1. The van der Waals surface area contributed by atoms with Gasteiger partial charge in [-0.2, -0.15) is 0 Å². The van der Waals surface area contributed by atoms with E-state index in [0.29, 0.717) is 22.2 Å². The highest BCUT2D eigenvalue weighted by molar-refractivity contribution is 7.99. The van der Waals surface area contributed by atoms with Crippen LogP contribution in [0.3, 0.4) is 0 Å².